The molecule has 3 N–H and O–H groups in total. The number of carbonyl (C=O) groups is 2. The van der Waals surface area contributed by atoms with Gasteiger partial charge in [-0.25, -0.2) is 4.98 Å². The van der Waals surface area contributed by atoms with Gasteiger partial charge < -0.3 is 25.3 Å². The second-order valence-electron chi connectivity index (χ2n) is 9.88. The second kappa shape index (κ2) is 8.90. The molecule has 8 nitrogen and oxygen atoms in total. The molecule has 4 aromatic rings. The van der Waals surface area contributed by atoms with Gasteiger partial charge in [0.05, 0.1) is 33.5 Å². The summed E-state index contributed by atoms with van der Waals surface area (Å²) < 4.78 is 5.85. The third kappa shape index (κ3) is 4.02. The number of pyridine rings is 1. The van der Waals surface area contributed by atoms with E-state index < -0.39 is 5.54 Å². The summed E-state index contributed by atoms with van der Waals surface area (Å²) >= 11 is 6.56. The number of fused-ring (bicyclic) bond motifs is 3. The van der Waals surface area contributed by atoms with Gasteiger partial charge in [-0.15, -0.1) is 0 Å². The molecule has 0 bridgehead atoms. The number of nitrogens with zero attached hydrogens (tertiary/aromatic N) is 2. The molecule has 6 rings (SSSR count). The van der Waals surface area contributed by atoms with Crippen molar-refractivity contribution in [1.29, 1.82) is 0 Å². The molecule has 188 valence electrons. The van der Waals surface area contributed by atoms with Crippen molar-refractivity contribution in [3.05, 3.63) is 77.1 Å². The van der Waals surface area contributed by atoms with Gasteiger partial charge >= 0.3 is 0 Å². The van der Waals surface area contributed by atoms with Gasteiger partial charge in [0.25, 0.3) is 0 Å². The van der Waals surface area contributed by atoms with Crippen molar-refractivity contribution in [3.8, 4) is 11.5 Å². The number of halogens is 1. The van der Waals surface area contributed by atoms with E-state index in [1.54, 1.807) is 30.6 Å². The lowest BCUT2D eigenvalue weighted by Gasteiger charge is -2.36. The molecule has 1 aliphatic heterocycles. The normalized spacial score (nSPS) is 20.6. The molecule has 1 amide bonds. The lowest BCUT2D eigenvalue weighted by Crippen LogP contribution is -2.51. The lowest BCUT2D eigenvalue weighted by atomic mass is 9.91. The van der Waals surface area contributed by atoms with Crippen LogP contribution in [-0.2, 0) is 4.79 Å². The average molecular weight is 516 g/mol. The molecule has 2 unspecified atom stereocenters. The molecule has 1 saturated carbocycles. The molecule has 1 aliphatic carbocycles. The Kier molecular flexibility index (Phi) is 5.66. The molecular weight excluding hydrogens is 490 g/mol. The van der Waals surface area contributed by atoms with Crippen molar-refractivity contribution >= 4 is 45.7 Å². The minimum absolute atomic E-state index is 0.0639. The van der Waals surface area contributed by atoms with Gasteiger partial charge in [-0.05, 0) is 57.6 Å². The smallest absolute Gasteiger partial charge is 0.250 e. The van der Waals surface area contributed by atoms with Crippen LogP contribution in [0.5, 0.6) is 11.5 Å². The van der Waals surface area contributed by atoms with Gasteiger partial charge in [0.1, 0.15) is 22.7 Å². The summed E-state index contributed by atoms with van der Waals surface area (Å²) in [7, 11) is 4.06. The van der Waals surface area contributed by atoms with Crippen LogP contribution in [0.3, 0.4) is 0 Å². The fraction of sp³-hybridized carbons (Fsp3) is 0.250. The standard InChI is InChI=1S/C28H26ClN5O3/c1-34(2)16-10-11-28(13-16)27(36)32-22-15-31-26-23(24(22)33-28)20(14-30-26)25(35)19-9-8-18(12-21(19)29)37-17-6-4-3-5-7-17/h3-9,12,14-16,33H,10-11,13H2,1-2H3,(H,30,31)(H,32,36). The lowest BCUT2D eigenvalue weighted by molar-refractivity contribution is -0.120. The molecule has 3 heterocycles. The molecule has 37 heavy (non-hydrogen) atoms. The second-order valence-corrected chi connectivity index (χ2v) is 10.3. The summed E-state index contributed by atoms with van der Waals surface area (Å²) in [6.07, 6.45) is 5.54. The van der Waals surface area contributed by atoms with Crippen molar-refractivity contribution in [1.82, 2.24) is 14.9 Å². The van der Waals surface area contributed by atoms with E-state index in [-0.39, 0.29) is 16.7 Å². The van der Waals surface area contributed by atoms with Gasteiger partial charge in [0.2, 0.25) is 5.91 Å². The van der Waals surface area contributed by atoms with Crippen LogP contribution in [-0.4, -0.2) is 52.2 Å². The number of hydrogen-bond acceptors (Lipinski definition) is 6. The molecule has 2 aromatic heterocycles. The highest BCUT2D eigenvalue weighted by atomic mass is 35.5. The SMILES string of the molecule is CN(C)C1CCC2(C1)Nc1c(cnc3[nH]cc(C(=O)c4ccc(Oc5ccccc5)cc4Cl)c13)NC2=O. The van der Waals surface area contributed by atoms with E-state index >= 15 is 0 Å². The van der Waals surface area contributed by atoms with E-state index in [9.17, 15) is 9.59 Å². The van der Waals surface area contributed by atoms with E-state index in [1.807, 2.05) is 44.4 Å². The van der Waals surface area contributed by atoms with Crippen molar-refractivity contribution in [3.63, 3.8) is 0 Å². The van der Waals surface area contributed by atoms with Gasteiger partial charge in [0.15, 0.2) is 5.78 Å². The highest BCUT2D eigenvalue weighted by Gasteiger charge is 2.49. The zero-order chi connectivity index (χ0) is 25.7. The number of carbonyl (C=O) groups excluding carboxylic acids is 2. The van der Waals surface area contributed by atoms with Crippen LogP contribution in [0.25, 0.3) is 11.0 Å². The van der Waals surface area contributed by atoms with Gasteiger partial charge in [-0.1, -0.05) is 29.8 Å². The Morgan fingerprint density at radius 1 is 1.14 bits per heavy atom. The highest BCUT2D eigenvalue weighted by molar-refractivity contribution is 6.36. The first kappa shape index (κ1) is 23.5. The molecule has 2 aliphatic rings. The molecule has 0 saturated heterocycles. The zero-order valence-electron chi connectivity index (χ0n) is 20.5. The first-order chi connectivity index (χ1) is 17.8. The molecule has 2 aromatic carbocycles. The number of ether oxygens (including phenoxy) is 1. The Hall–Kier alpha value is -3.88. The van der Waals surface area contributed by atoms with Crippen molar-refractivity contribution in [2.45, 2.75) is 30.8 Å². The number of amides is 1. The first-order valence-electron chi connectivity index (χ1n) is 12.2. The third-order valence-corrected chi connectivity index (χ3v) is 7.69. The Balaban J connectivity index is 1.36. The maximum absolute atomic E-state index is 13.7. The highest BCUT2D eigenvalue weighted by Crippen LogP contribution is 2.44. The maximum Gasteiger partial charge on any atom is 0.250 e. The summed E-state index contributed by atoms with van der Waals surface area (Å²) in [4.78, 5) is 36.6. The zero-order valence-corrected chi connectivity index (χ0v) is 21.2. The number of aromatic nitrogens is 2. The number of ketones is 1. The van der Waals surface area contributed by atoms with E-state index in [2.05, 4.69) is 25.5 Å². The predicted octanol–water partition coefficient (Wildman–Crippen LogP) is 5.46. The summed E-state index contributed by atoms with van der Waals surface area (Å²) in [6.45, 7) is 0. The number of rotatable bonds is 5. The van der Waals surface area contributed by atoms with Crippen molar-refractivity contribution in [2.75, 3.05) is 24.7 Å². The number of benzene rings is 2. The minimum atomic E-state index is -0.734. The third-order valence-electron chi connectivity index (χ3n) is 7.38. The summed E-state index contributed by atoms with van der Waals surface area (Å²) in [5.74, 6) is 0.903. The average Bonchev–Trinajstić information content (AvgIpc) is 3.51. The van der Waals surface area contributed by atoms with Gasteiger partial charge in [0, 0.05) is 23.9 Å². The largest absolute Gasteiger partial charge is 0.457 e. The van der Waals surface area contributed by atoms with Crippen LogP contribution >= 0.6 is 11.6 Å². The number of H-pyrrole nitrogens is 1. The van der Waals surface area contributed by atoms with Crippen LogP contribution in [0.4, 0.5) is 11.4 Å². The summed E-state index contributed by atoms with van der Waals surface area (Å²) in [5.41, 5.74) is 1.87. The number of nitrogens with one attached hydrogen (secondary N) is 3. The van der Waals surface area contributed by atoms with Crippen LogP contribution in [0, 0.1) is 0 Å². The van der Waals surface area contributed by atoms with E-state index in [4.69, 9.17) is 16.3 Å². The van der Waals surface area contributed by atoms with Gasteiger partial charge in [-0.3, -0.25) is 9.59 Å². The van der Waals surface area contributed by atoms with Crippen LogP contribution in [0.2, 0.25) is 5.02 Å². The summed E-state index contributed by atoms with van der Waals surface area (Å²) in [6, 6.07) is 14.7. The van der Waals surface area contributed by atoms with Crippen molar-refractivity contribution in [2.24, 2.45) is 0 Å². The van der Waals surface area contributed by atoms with Crippen LogP contribution in [0.1, 0.15) is 35.2 Å². The molecule has 2 atom stereocenters. The molecule has 1 spiro atoms. The predicted molar refractivity (Wildman–Crippen MR) is 144 cm³/mol. The van der Waals surface area contributed by atoms with E-state index in [1.165, 1.54) is 0 Å². The Labute approximate surface area is 219 Å². The van der Waals surface area contributed by atoms with E-state index in [0.717, 1.165) is 6.42 Å². The fourth-order valence-corrected chi connectivity index (χ4v) is 5.59. The molecule has 0 radical (unpaired) electrons. The van der Waals surface area contributed by atoms with Crippen LogP contribution in [0.15, 0.2) is 60.9 Å². The Morgan fingerprint density at radius 2 is 1.95 bits per heavy atom. The summed E-state index contributed by atoms with van der Waals surface area (Å²) in [5, 5.41) is 7.48. The maximum atomic E-state index is 13.7. The number of aromatic amines is 1. The van der Waals surface area contributed by atoms with Crippen molar-refractivity contribution < 1.29 is 14.3 Å². The Morgan fingerprint density at radius 3 is 2.68 bits per heavy atom. The molecule has 1 fully saturated rings. The van der Waals surface area contributed by atoms with Crippen LogP contribution < -0.4 is 15.4 Å². The first-order valence-corrected chi connectivity index (χ1v) is 12.6. The monoisotopic (exact) mass is 515 g/mol. The molecule has 9 heteroatoms. The minimum Gasteiger partial charge on any atom is -0.457 e. The number of anilines is 2. The Bertz CT molecular complexity index is 1530. The fourth-order valence-electron chi connectivity index (χ4n) is 5.33. The molecular formula is C28H26ClN5O3. The van der Waals surface area contributed by atoms with Gasteiger partial charge in [-0.2, -0.15) is 0 Å². The topological polar surface area (TPSA) is 99.3 Å². The van der Waals surface area contributed by atoms with E-state index in [0.29, 0.717) is 63.9 Å². The number of para-hydroxylation sites is 1. The quantitative estimate of drug-likeness (QED) is 0.305. The number of hydrogen-bond donors (Lipinski definition) is 3.